The van der Waals surface area contributed by atoms with E-state index < -0.39 is 0 Å². The van der Waals surface area contributed by atoms with Crippen molar-refractivity contribution in [3.63, 3.8) is 0 Å². The van der Waals surface area contributed by atoms with E-state index in [9.17, 15) is 9.59 Å². The second-order valence-corrected chi connectivity index (χ2v) is 5.84. The van der Waals surface area contributed by atoms with Crippen LogP contribution in [0.5, 0.6) is 0 Å². The summed E-state index contributed by atoms with van der Waals surface area (Å²) in [5.41, 5.74) is 6.19. The summed E-state index contributed by atoms with van der Waals surface area (Å²) in [4.78, 5) is 25.7. The Bertz CT molecular complexity index is 464. The highest BCUT2D eigenvalue weighted by Gasteiger charge is 2.22. The Morgan fingerprint density at radius 1 is 1.47 bits per heavy atom. The summed E-state index contributed by atoms with van der Waals surface area (Å²) < 4.78 is 0. The van der Waals surface area contributed by atoms with E-state index in [1.54, 1.807) is 0 Å². The summed E-state index contributed by atoms with van der Waals surface area (Å²) in [5, 5.41) is 4.99. The first-order valence-electron chi connectivity index (χ1n) is 6.42. The highest BCUT2D eigenvalue weighted by molar-refractivity contribution is 7.12. The first kappa shape index (κ1) is 14.0. The zero-order chi connectivity index (χ0) is 13.8. The normalized spacial score (nSPS) is 17.3. The molecule has 0 radical (unpaired) electrons. The van der Waals surface area contributed by atoms with Crippen molar-refractivity contribution in [2.45, 2.75) is 25.8 Å². The van der Waals surface area contributed by atoms with Gasteiger partial charge in [-0.3, -0.25) is 14.5 Å². The lowest BCUT2D eigenvalue weighted by Gasteiger charge is -2.31. The molecule has 1 aromatic rings. The number of aryl methyl sites for hydroxylation is 1. The Morgan fingerprint density at radius 3 is 2.68 bits per heavy atom. The maximum atomic E-state index is 12.1. The van der Waals surface area contributed by atoms with Crippen LogP contribution in [-0.2, 0) is 4.79 Å². The monoisotopic (exact) mass is 281 g/mol. The molecule has 1 aliphatic rings. The van der Waals surface area contributed by atoms with Gasteiger partial charge in [0, 0.05) is 19.1 Å². The van der Waals surface area contributed by atoms with Gasteiger partial charge >= 0.3 is 0 Å². The van der Waals surface area contributed by atoms with Crippen LogP contribution in [0, 0.1) is 6.92 Å². The van der Waals surface area contributed by atoms with Crippen LogP contribution < -0.4 is 11.1 Å². The third-order valence-corrected chi connectivity index (χ3v) is 4.39. The number of amides is 2. The van der Waals surface area contributed by atoms with Crippen molar-refractivity contribution in [2.75, 3.05) is 19.6 Å². The van der Waals surface area contributed by atoms with E-state index in [4.69, 9.17) is 5.73 Å². The molecule has 19 heavy (non-hydrogen) atoms. The molecule has 0 aliphatic carbocycles. The Morgan fingerprint density at radius 2 is 2.16 bits per heavy atom. The molecule has 1 fully saturated rings. The van der Waals surface area contributed by atoms with Gasteiger partial charge in [-0.1, -0.05) is 0 Å². The molecular formula is C13H19N3O2S. The number of piperidine rings is 1. The third-order valence-electron chi connectivity index (χ3n) is 3.37. The fourth-order valence-electron chi connectivity index (χ4n) is 2.31. The molecule has 0 unspecified atom stereocenters. The van der Waals surface area contributed by atoms with Crippen LogP contribution in [0.25, 0.3) is 0 Å². The minimum atomic E-state index is -0.295. The molecule has 3 N–H and O–H groups in total. The van der Waals surface area contributed by atoms with Crippen LogP contribution in [0.15, 0.2) is 11.4 Å². The second-order valence-electron chi connectivity index (χ2n) is 4.92. The molecule has 2 heterocycles. The lowest BCUT2D eigenvalue weighted by molar-refractivity contribution is -0.119. The van der Waals surface area contributed by atoms with Gasteiger partial charge in [0.05, 0.1) is 11.4 Å². The van der Waals surface area contributed by atoms with Gasteiger partial charge in [-0.25, -0.2) is 0 Å². The van der Waals surface area contributed by atoms with Crippen LogP contribution in [0.1, 0.15) is 28.1 Å². The smallest absolute Gasteiger partial charge is 0.261 e. The van der Waals surface area contributed by atoms with Gasteiger partial charge < -0.3 is 11.1 Å². The molecule has 2 rings (SSSR count). The van der Waals surface area contributed by atoms with Crippen LogP contribution in [0.3, 0.4) is 0 Å². The van der Waals surface area contributed by atoms with Crippen LogP contribution >= 0.6 is 11.3 Å². The molecular weight excluding hydrogens is 262 g/mol. The van der Waals surface area contributed by atoms with Crippen molar-refractivity contribution in [3.05, 3.63) is 21.9 Å². The number of primary amides is 1. The minimum absolute atomic E-state index is 0.0147. The Balaban J connectivity index is 1.81. The number of thiophene rings is 1. The molecule has 2 amide bonds. The lowest BCUT2D eigenvalue weighted by atomic mass is 10.0. The van der Waals surface area contributed by atoms with Gasteiger partial charge in [-0.2, -0.15) is 0 Å². The standard InChI is InChI=1S/C13H19N3O2S/c1-9-4-7-19-12(9)13(18)15-10-2-5-16(6-3-10)8-11(14)17/h4,7,10H,2-3,5-6,8H2,1H3,(H2,14,17)(H,15,18). The van der Waals surface area contributed by atoms with Crippen molar-refractivity contribution in [3.8, 4) is 0 Å². The van der Waals surface area contributed by atoms with E-state index in [0.717, 1.165) is 36.4 Å². The predicted molar refractivity (Wildman–Crippen MR) is 75.2 cm³/mol. The number of nitrogens with zero attached hydrogens (tertiary/aromatic N) is 1. The molecule has 1 aliphatic heterocycles. The first-order chi connectivity index (χ1) is 9.06. The van der Waals surface area contributed by atoms with Gasteiger partial charge in [0.2, 0.25) is 5.91 Å². The SMILES string of the molecule is Cc1ccsc1C(=O)NC1CCN(CC(N)=O)CC1. The van der Waals surface area contributed by atoms with E-state index in [2.05, 4.69) is 5.32 Å². The fourth-order valence-corrected chi connectivity index (χ4v) is 3.14. The Hall–Kier alpha value is -1.40. The number of hydrogen-bond donors (Lipinski definition) is 2. The number of nitrogens with one attached hydrogen (secondary N) is 1. The van der Waals surface area contributed by atoms with Gasteiger partial charge in [0.25, 0.3) is 5.91 Å². The Kier molecular flexibility index (Phi) is 4.55. The van der Waals surface area contributed by atoms with Crippen molar-refractivity contribution in [2.24, 2.45) is 5.73 Å². The van der Waals surface area contributed by atoms with E-state index in [1.165, 1.54) is 11.3 Å². The van der Waals surface area contributed by atoms with Crippen molar-refractivity contribution in [1.29, 1.82) is 0 Å². The summed E-state index contributed by atoms with van der Waals surface area (Å²) in [6, 6.07) is 2.15. The van der Waals surface area contributed by atoms with Crippen LogP contribution in [-0.4, -0.2) is 42.4 Å². The number of hydrogen-bond acceptors (Lipinski definition) is 4. The molecule has 6 heteroatoms. The second kappa shape index (κ2) is 6.16. The summed E-state index contributed by atoms with van der Waals surface area (Å²) in [6.45, 7) is 3.86. The topological polar surface area (TPSA) is 75.4 Å². The molecule has 0 saturated carbocycles. The molecule has 0 spiro atoms. The molecule has 0 atom stereocenters. The number of rotatable bonds is 4. The minimum Gasteiger partial charge on any atom is -0.369 e. The van der Waals surface area contributed by atoms with E-state index >= 15 is 0 Å². The quantitative estimate of drug-likeness (QED) is 0.854. The number of carbonyl (C=O) groups is 2. The highest BCUT2D eigenvalue weighted by atomic mass is 32.1. The number of carbonyl (C=O) groups excluding carboxylic acids is 2. The maximum absolute atomic E-state index is 12.1. The summed E-state index contributed by atoms with van der Waals surface area (Å²) >= 11 is 1.47. The van der Waals surface area contributed by atoms with Crippen molar-refractivity contribution >= 4 is 23.2 Å². The van der Waals surface area contributed by atoms with Gasteiger partial charge in [0.1, 0.15) is 0 Å². The van der Waals surface area contributed by atoms with Gasteiger partial charge in [-0.15, -0.1) is 11.3 Å². The Labute approximate surface area is 116 Å². The van der Waals surface area contributed by atoms with E-state index in [1.807, 2.05) is 23.3 Å². The van der Waals surface area contributed by atoms with Crippen molar-refractivity contribution < 1.29 is 9.59 Å². The highest BCUT2D eigenvalue weighted by Crippen LogP contribution is 2.17. The van der Waals surface area contributed by atoms with Gasteiger partial charge in [-0.05, 0) is 36.8 Å². The largest absolute Gasteiger partial charge is 0.369 e. The van der Waals surface area contributed by atoms with Crippen LogP contribution in [0.4, 0.5) is 0 Å². The molecule has 0 aromatic carbocycles. The van der Waals surface area contributed by atoms with Crippen LogP contribution in [0.2, 0.25) is 0 Å². The van der Waals surface area contributed by atoms with Crippen molar-refractivity contribution in [1.82, 2.24) is 10.2 Å². The first-order valence-corrected chi connectivity index (χ1v) is 7.30. The molecule has 5 nitrogen and oxygen atoms in total. The number of likely N-dealkylation sites (tertiary alicyclic amines) is 1. The number of nitrogens with two attached hydrogens (primary N) is 1. The van der Waals surface area contributed by atoms with Gasteiger partial charge in [0.15, 0.2) is 0 Å². The summed E-state index contributed by atoms with van der Waals surface area (Å²) in [7, 11) is 0. The van der Waals surface area contributed by atoms with E-state index in [0.29, 0.717) is 6.54 Å². The fraction of sp³-hybridized carbons (Fsp3) is 0.538. The predicted octanol–water partition coefficient (Wildman–Crippen LogP) is 0.736. The third kappa shape index (κ3) is 3.78. The summed E-state index contributed by atoms with van der Waals surface area (Å²) in [5.74, 6) is -0.280. The molecule has 1 aromatic heterocycles. The molecule has 0 bridgehead atoms. The summed E-state index contributed by atoms with van der Waals surface area (Å²) in [6.07, 6.45) is 1.73. The zero-order valence-electron chi connectivity index (χ0n) is 11.0. The molecule has 1 saturated heterocycles. The van der Waals surface area contributed by atoms with E-state index in [-0.39, 0.29) is 17.9 Å². The lowest BCUT2D eigenvalue weighted by Crippen LogP contribution is -2.46. The maximum Gasteiger partial charge on any atom is 0.261 e. The zero-order valence-corrected chi connectivity index (χ0v) is 11.8. The average molecular weight is 281 g/mol. The average Bonchev–Trinajstić information content (AvgIpc) is 2.77. The molecule has 104 valence electrons.